The second kappa shape index (κ2) is 11.3. The zero-order valence-corrected chi connectivity index (χ0v) is 22.9. The predicted molar refractivity (Wildman–Crippen MR) is 151 cm³/mol. The molecule has 1 amide bonds. The average molecular weight is 574 g/mol. The van der Waals surface area contributed by atoms with Gasteiger partial charge < -0.3 is 4.74 Å². The fourth-order valence-corrected chi connectivity index (χ4v) is 6.56. The maximum atomic E-state index is 13.7. The maximum Gasteiger partial charge on any atom is 0.267 e. The van der Waals surface area contributed by atoms with Gasteiger partial charge in [0, 0.05) is 4.88 Å². The molecule has 11 heteroatoms. The molecule has 0 saturated heterocycles. The lowest BCUT2D eigenvalue weighted by atomic mass is 10.2. The number of fused-ring (bicyclic) bond motifs is 3. The zero-order valence-electron chi connectivity index (χ0n) is 19.8. The Kier molecular flexibility index (Phi) is 7.85. The van der Waals surface area contributed by atoms with Gasteiger partial charge in [-0.1, -0.05) is 41.0 Å². The molecule has 1 N–H and O–H groups in total. The van der Waals surface area contributed by atoms with Crippen molar-refractivity contribution in [1.82, 2.24) is 15.0 Å². The number of aromatic nitrogens is 2. The number of hydrogen-bond acceptors (Lipinski definition) is 7. The number of benzene rings is 2. The summed E-state index contributed by atoms with van der Waals surface area (Å²) in [5, 5.41) is 5.98. The van der Waals surface area contributed by atoms with Crippen molar-refractivity contribution >= 4 is 68.6 Å². The van der Waals surface area contributed by atoms with Crippen molar-refractivity contribution in [2.24, 2.45) is 5.10 Å². The van der Waals surface area contributed by atoms with E-state index in [1.165, 1.54) is 22.9 Å². The van der Waals surface area contributed by atoms with E-state index in [1.807, 2.05) is 31.2 Å². The van der Waals surface area contributed by atoms with E-state index in [0.717, 1.165) is 35.4 Å². The SMILES string of the molecule is CCOc1ccc(-n2c(SCC(=O)NN=Cc3ccc(Cl)c(Cl)c3)nc3sc4c(c3c2=O)CCC4)cc1. The van der Waals surface area contributed by atoms with Gasteiger partial charge in [0.2, 0.25) is 0 Å². The number of nitrogens with zero attached hydrogens (tertiary/aromatic N) is 3. The first kappa shape index (κ1) is 25.8. The first-order valence-corrected chi connectivity index (χ1v) is 14.2. The van der Waals surface area contributed by atoms with Crippen molar-refractivity contribution in [2.75, 3.05) is 12.4 Å². The van der Waals surface area contributed by atoms with Crippen molar-refractivity contribution in [3.05, 3.63) is 78.9 Å². The summed E-state index contributed by atoms with van der Waals surface area (Å²) < 4.78 is 7.13. The third-order valence-corrected chi connectivity index (χ3v) is 8.66. The third kappa shape index (κ3) is 5.55. The van der Waals surface area contributed by atoms with Crippen LogP contribution in [0.2, 0.25) is 10.0 Å². The Balaban J connectivity index is 1.40. The Bertz CT molecular complexity index is 1570. The monoisotopic (exact) mass is 572 g/mol. The van der Waals surface area contributed by atoms with Crippen LogP contribution in [0.1, 0.15) is 29.3 Å². The molecular weight excluding hydrogens is 551 g/mol. The summed E-state index contributed by atoms with van der Waals surface area (Å²) in [5.41, 5.74) is 4.87. The lowest BCUT2D eigenvalue weighted by Crippen LogP contribution is -2.24. The highest BCUT2D eigenvalue weighted by molar-refractivity contribution is 7.99. The van der Waals surface area contributed by atoms with Crippen molar-refractivity contribution in [1.29, 1.82) is 0 Å². The summed E-state index contributed by atoms with van der Waals surface area (Å²) in [4.78, 5) is 33.0. The highest BCUT2D eigenvalue weighted by Gasteiger charge is 2.24. The van der Waals surface area contributed by atoms with Crippen molar-refractivity contribution in [3.63, 3.8) is 0 Å². The summed E-state index contributed by atoms with van der Waals surface area (Å²) >= 11 is 14.7. The maximum absolute atomic E-state index is 13.7. The predicted octanol–water partition coefficient (Wildman–Crippen LogP) is 5.88. The van der Waals surface area contributed by atoms with Gasteiger partial charge in [-0.3, -0.25) is 14.2 Å². The second-order valence-electron chi connectivity index (χ2n) is 8.25. The van der Waals surface area contributed by atoms with E-state index < -0.39 is 0 Å². The highest BCUT2D eigenvalue weighted by Crippen LogP contribution is 2.36. The Morgan fingerprint density at radius 2 is 2.03 bits per heavy atom. The van der Waals surface area contributed by atoms with Gasteiger partial charge in [-0.25, -0.2) is 10.4 Å². The standard InChI is InChI=1S/C26H22Cl2N4O3S2/c1-2-35-17-9-7-16(8-10-17)32-25(34)23-18-4-3-5-21(18)37-24(23)30-26(32)36-14-22(33)31-29-13-15-6-11-19(27)20(28)12-15/h6-13H,2-5,14H2,1H3,(H,31,33). The van der Waals surface area contributed by atoms with Gasteiger partial charge in [-0.2, -0.15) is 5.10 Å². The Morgan fingerprint density at radius 3 is 2.78 bits per heavy atom. The van der Waals surface area contributed by atoms with Crippen LogP contribution in [0.25, 0.3) is 15.9 Å². The molecule has 190 valence electrons. The molecule has 0 spiro atoms. The highest BCUT2D eigenvalue weighted by atomic mass is 35.5. The number of thioether (sulfide) groups is 1. The molecule has 1 aliphatic rings. The molecule has 0 aliphatic heterocycles. The number of hydrazone groups is 1. The summed E-state index contributed by atoms with van der Waals surface area (Å²) in [6, 6.07) is 12.4. The van der Waals surface area contributed by atoms with Crippen LogP contribution in [0.5, 0.6) is 5.75 Å². The molecular formula is C26H22Cl2N4O3S2. The molecule has 2 aromatic carbocycles. The van der Waals surface area contributed by atoms with Gasteiger partial charge in [-0.05, 0) is 73.7 Å². The van der Waals surface area contributed by atoms with Crippen LogP contribution in [0.4, 0.5) is 0 Å². The number of nitrogens with one attached hydrogen (secondary N) is 1. The van der Waals surface area contributed by atoms with Crippen LogP contribution < -0.4 is 15.7 Å². The molecule has 0 atom stereocenters. The minimum absolute atomic E-state index is 0.0266. The topological polar surface area (TPSA) is 85.6 Å². The molecule has 0 fully saturated rings. The second-order valence-corrected chi connectivity index (χ2v) is 11.1. The zero-order chi connectivity index (χ0) is 25.9. The van der Waals surface area contributed by atoms with Gasteiger partial charge in [0.25, 0.3) is 11.5 Å². The van der Waals surface area contributed by atoms with Crippen molar-refractivity contribution in [2.45, 2.75) is 31.3 Å². The molecule has 2 aromatic heterocycles. The van der Waals surface area contributed by atoms with Gasteiger partial charge in [-0.15, -0.1) is 11.3 Å². The van der Waals surface area contributed by atoms with E-state index in [1.54, 1.807) is 34.1 Å². The molecule has 5 rings (SSSR count). The summed E-state index contributed by atoms with van der Waals surface area (Å²) in [6.07, 6.45) is 4.40. The third-order valence-electron chi connectivity index (χ3n) is 5.79. The number of thiophene rings is 1. The molecule has 0 unspecified atom stereocenters. The number of carbonyl (C=O) groups is 1. The number of halogens is 2. The first-order chi connectivity index (χ1) is 17.9. The van der Waals surface area contributed by atoms with Gasteiger partial charge in [0.1, 0.15) is 10.6 Å². The van der Waals surface area contributed by atoms with E-state index in [-0.39, 0.29) is 17.2 Å². The molecule has 1 aliphatic carbocycles. The summed E-state index contributed by atoms with van der Waals surface area (Å²) in [7, 11) is 0. The Labute approximate surface area is 231 Å². The number of aryl methyl sites for hydroxylation is 2. The van der Waals surface area contributed by atoms with Crippen LogP contribution in [0.3, 0.4) is 0 Å². The lowest BCUT2D eigenvalue weighted by Gasteiger charge is -2.13. The van der Waals surface area contributed by atoms with Crippen LogP contribution in [0.15, 0.2) is 57.5 Å². The minimum Gasteiger partial charge on any atom is -0.494 e. The van der Waals surface area contributed by atoms with E-state index >= 15 is 0 Å². The minimum atomic E-state index is -0.331. The fraction of sp³-hybridized carbons (Fsp3) is 0.231. The fourth-order valence-electron chi connectivity index (χ4n) is 4.14. The van der Waals surface area contributed by atoms with E-state index in [0.29, 0.717) is 38.4 Å². The summed E-state index contributed by atoms with van der Waals surface area (Å²) in [6.45, 7) is 2.47. The van der Waals surface area contributed by atoms with Crippen molar-refractivity contribution < 1.29 is 9.53 Å². The molecule has 0 saturated carbocycles. The molecule has 37 heavy (non-hydrogen) atoms. The average Bonchev–Trinajstić information content (AvgIpc) is 3.47. The normalized spacial score (nSPS) is 12.8. The molecule has 7 nitrogen and oxygen atoms in total. The van der Waals surface area contributed by atoms with Gasteiger partial charge in [0.05, 0.1) is 39.7 Å². The molecule has 2 heterocycles. The van der Waals surface area contributed by atoms with Crippen LogP contribution in [-0.4, -0.2) is 34.0 Å². The Hall–Kier alpha value is -2.85. The smallest absolute Gasteiger partial charge is 0.267 e. The van der Waals surface area contributed by atoms with Crippen LogP contribution in [-0.2, 0) is 17.6 Å². The number of amides is 1. The number of rotatable bonds is 8. The lowest BCUT2D eigenvalue weighted by molar-refractivity contribution is -0.118. The largest absolute Gasteiger partial charge is 0.494 e. The van der Waals surface area contributed by atoms with Crippen molar-refractivity contribution in [3.8, 4) is 11.4 Å². The Morgan fingerprint density at radius 1 is 1.22 bits per heavy atom. The number of carbonyl (C=O) groups excluding carboxylic acids is 1. The molecule has 0 bridgehead atoms. The van der Waals surface area contributed by atoms with Gasteiger partial charge in [0.15, 0.2) is 5.16 Å². The van der Waals surface area contributed by atoms with Crippen LogP contribution in [0, 0.1) is 0 Å². The molecule has 0 radical (unpaired) electrons. The summed E-state index contributed by atoms with van der Waals surface area (Å²) in [5.74, 6) is 0.416. The van der Waals surface area contributed by atoms with Crippen LogP contribution >= 0.6 is 46.3 Å². The van der Waals surface area contributed by atoms with Gasteiger partial charge >= 0.3 is 0 Å². The number of hydrogen-bond donors (Lipinski definition) is 1. The number of ether oxygens (including phenoxy) is 1. The quantitative estimate of drug-likeness (QED) is 0.123. The van der Waals surface area contributed by atoms with E-state index in [4.69, 9.17) is 32.9 Å². The van der Waals surface area contributed by atoms with E-state index in [2.05, 4.69) is 10.5 Å². The first-order valence-electron chi connectivity index (χ1n) is 11.6. The van der Waals surface area contributed by atoms with E-state index in [9.17, 15) is 9.59 Å². The molecule has 4 aromatic rings.